The Morgan fingerprint density at radius 2 is 1.67 bits per heavy atom. The van der Waals surface area contributed by atoms with Crippen LogP contribution in [0.25, 0.3) is 11.1 Å². The van der Waals surface area contributed by atoms with Gasteiger partial charge in [0.25, 0.3) is 0 Å². The third kappa shape index (κ3) is 2.65. The molecule has 2 aromatic carbocycles. The molecule has 0 heterocycles. The molecule has 0 aliphatic heterocycles. The van der Waals surface area contributed by atoms with Crippen LogP contribution in [0.1, 0.15) is 5.56 Å². The maximum atomic E-state index is 13.2. The molecule has 2 rings (SSSR count). The fourth-order valence-electron chi connectivity index (χ4n) is 1.85. The number of hydrogen-bond donors (Lipinski definition) is 2. The van der Waals surface area contributed by atoms with Gasteiger partial charge in [0.2, 0.25) is 0 Å². The summed E-state index contributed by atoms with van der Waals surface area (Å²) in [6.07, 6.45) is 0.644. The number of aromatic hydroxyl groups is 1. The topological polar surface area (TPSA) is 46.2 Å². The van der Waals surface area contributed by atoms with Gasteiger partial charge in [-0.2, -0.15) is 0 Å². The highest BCUT2D eigenvalue weighted by molar-refractivity contribution is 5.70. The quantitative estimate of drug-likeness (QED) is 0.878. The van der Waals surface area contributed by atoms with E-state index in [1.54, 1.807) is 12.1 Å². The predicted molar refractivity (Wildman–Crippen MR) is 66.2 cm³/mol. The zero-order valence-electron chi connectivity index (χ0n) is 9.66. The molecular weight excluding hydrogens is 236 g/mol. The Morgan fingerprint density at radius 3 is 2.28 bits per heavy atom. The van der Waals surface area contributed by atoms with Crippen LogP contribution < -0.4 is 5.73 Å². The lowest BCUT2D eigenvalue weighted by molar-refractivity contribution is 0.477. The van der Waals surface area contributed by atoms with E-state index in [-0.39, 0.29) is 5.75 Å². The number of hydrogen-bond acceptors (Lipinski definition) is 2. The van der Waals surface area contributed by atoms with Crippen LogP contribution in [-0.4, -0.2) is 11.7 Å². The number of phenols is 1. The summed E-state index contributed by atoms with van der Waals surface area (Å²) < 4.78 is 26.3. The van der Waals surface area contributed by atoms with E-state index in [4.69, 9.17) is 5.73 Å². The van der Waals surface area contributed by atoms with Crippen LogP contribution in [0.15, 0.2) is 36.4 Å². The first-order chi connectivity index (χ1) is 8.60. The van der Waals surface area contributed by atoms with E-state index in [2.05, 4.69) is 0 Å². The molecule has 2 aromatic rings. The summed E-state index contributed by atoms with van der Waals surface area (Å²) >= 11 is 0. The number of benzene rings is 2. The molecule has 4 heteroatoms. The van der Waals surface area contributed by atoms with Crippen molar-refractivity contribution in [1.82, 2.24) is 0 Å². The molecule has 0 fully saturated rings. The minimum atomic E-state index is -0.673. The monoisotopic (exact) mass is 249 g/mol. The minimum absolute atomic E-state index is 0.0132. The van der Waals surface area contributed by atoms with Gasteiger partial charge >= 0.3 is 0 Å². The normalized spacial score (nSPS) is 10.6. The second-order valence-electron chi connectivity index (χ2n) is 4.05. The van der Waals surface area contributed by atoms with E-state index < -0.39 is 11.6 Å². The van der Waals surface area contributed by atoms with E-state index in [9.17, 15) is 13.9 Å². The second-order valence-corrected chi connectivity index (χ2v) is 4.05. The molecule has 0 radical (unpaired) electrons. The van der Waals surface area contributed by atoms with E-state index in [0.717, 1.165) is 11.6 Å². The number of phenolic OH excluding ortho intramolecular Hbond substituents is 1. The van der Waals surface area contributed by atoms with Crippen LogP contribution in [0, 0.1) is 11.6 Å². The van der Waals surface area contributed by atoms with Gasteiger partial charge in [-0.25, -0.2) is 8.78 Å². The minimum Gasteiger partial charge on any atom is -0.507 e. The Morgan fingerprint density at radius 1 is 1.00 bits per heavy atom. The van der Waals surface area contributed by atoms with Crippen LogP contribution in [0.2, 0.25) is 0 Å². The van der Waals surface area contributed by atoms with Gasteiger partial charge in [0, 0.05) is 11.6 Å². The van der Waals surface area contributed by atoms with Crippen LogP contribution in [0.3, 0.4) is 0 Å². The first kappa shape index (κ1) is 12.5. The Labute approximate surface area is 104 Å². The van der Waals surface area contributed by atoms with Crippen molar-refractivity contribution >= 4 is 0 Å². The Bertz CT molecular complexity index is 549. The molecule has 0 saturated carbocycles. The van der Waals surface area contributed by atoms with Gasteiger partial charge in [-0.3, -0.25) is 0 Å². The van der Waals surface area contributed by atoms with Crippen molar-refractivity contribution in [3.63, 3.8) is 0 Å². The highest BCUT2D eigenvalue weighted by Gasteiger charge is 2.08. The smallest absolute Gasteiger partial charge is 0.126 e. The molecule has 0 unspecified atom stereocenters. The van der Waals surface area contributed by atoms with Gasteiger partial charge in [0.05, 0.1) is 0 Å². The van der Waals surface area contributed by atoms with Crippen molar-refractivity contribution < 1.29 is 13.9 Å². The van der Waals surface area contributed by atoms with Crippen molar-refractivity contribution in [2.45, 2.75) is 6.42 Å². The van der Waals surface area contributed by atoms with E-state index in [0.29, 0.717) is 24.1 Å². The Hall–Kier alpha value is -1.94. The van der Waals surface area contributed by atoms with Gasteiger partial charge in [0.15, 0.2) is 0 Å². The van der Waals surface area contributed by atoms with Gasteiger partial charge < -0.3 is 10.8 Å². The third-order valence-corrected chi connectivity index (χ3v) is 2.67. The molecule has 2 nitrogen and oxygen atoms in total. The highest BCUT2D eigenvalue weighted by Crippen LogP contribution is 2.31. The van der Waals surface area contributed by atoms with Gasteiger partial charge in [0.1, 0.15) is 17.4 Å². The zero-order valence-corrected chi connectivity index (χ0v) is 9.66. The lowest BCUT2D eigenvalue weighted by atomic mass is 10.0. The first-order valence-corrected chi connectivity index (χ1v) is 5.58. The standard InChI is InChI=1S/C14H13F2NO/c15-11-6-10(7-12(16)8-11)13-5-9(3-4-17)1-2-14(13)18/h1-2,5-8,18H,3-4,17H2. The van der Waals surface area contributed by atoms with Crippen molar-refractivity contribution in [2.75, 3.05) is 6.54 Å². The summed E-state index contributed by atoms with van der Waals surface area (Å²) in [6, 6.07) is 8.10. The molecule has 0 saturated heterocycles. The maximum absolute atomic E-state index is 13.2. The van der Waals surface area contributed by atoms with E-state index in [1.807, 2.05) is 0 Å². The summed E-state index contributed by atoms with van der Waals surface area (Å²) in [5.74, 6) is -1.36. The van der Waals surface area contributed by atoms with Gasteiger partial charge in [-0.15, -0.1) is 0 Å². The number of nitrogens with two attached hydrogens (primary N) is 1. The largest absolute Gasteiger partial charge is 0.507 e. The van der Waals surface area contributed by atoms with Crippen molar-refractivity contribution in [3.8, 4) is 16.9 Å². The Kier molecular flexibility index (Phi) is 3.58. The lowest BCUT2D eigenvalue weighted by Gasteiger charge is -2.08. The van der Waals surface area contributed by atoms with Crippen molar-refractivity contribution in [1.29, 1.82) is 0 Å². The van der Waals surface area contributed by atoms with Crippen molar-refractivity contribution in [2.24, 2.45) is 5.73 Å². The molecule has 0 aromatic heterocycles. The molecule has 18 heavy (non-hydrogen) atoms. The third-order valence-electron chi connectivity index (χ3n) is 2.67. The fourth-order valence-corrected chi connectivity index (χ4v) is 1.85. The van der Waals surface area contributed by atoms with E-state index >= 15 is 0 Å². The average Bonchev–Trinajstić information content (AvgIpc) is 2.30. The van der Waals surface area contributed by atoms with E-state index in [1.165, 1.54) is 18.2 Å². The van der Waals surface area contributed by atoms with Crippen molar-refractivity contribution in [3.05, 3.63) is 53.6 Å². The lowest BCUT2D eigenvalue weighted by Crippen LogP contribution is -2.02. The van der Waals surface area contributed by atoms with Gasteiger partial charge in [-0.05, 0) is 48.4 Å². The number of halogens is 2. The predicted octanol–water partition coefficient (Wildman–Crippen LogP) is 2.84. The molecule has 0 atom stereocenters. The molecule has 94 valence electrons. The first-order valence-electron chi connectivity index (χ1n) is 5.58. The van der Waals surface area contributed by atoms with Crippen LogP contribution in [-0.2, 0) is 6.42 Å². The zero-order chi connectivity index (χ0) is 13.1. The summed E-state index contributed by atoms with van der Waals surface area (Å²) in [6.45, 7) is 0.474. The average molecular weight is 249 g/mol. The Balaban J connectivity index is 2.51. The summed E-state index contributed by atoms with van der Waals surface area (Å²) in [5, 5.41) is 9.76. The molecule has 0 amide bonds. The molecule has 3 N–H and O–H groups in total. The molecular formula is C14H13F2NO. The maximum Gasteiger partial charge on any atom is 0.126 e. The summed E-state index contributed by atoms with van der Waals surface area (Å²) in [7, 11) is 0. The molecule has 0 aliphatic rings. The summed E-state index contributed by atoms with van der Waals surface area (Å²) in [4.78, 5) is 0. The SMILES string of the molecule is NCCc1ccc(O)c(-c2cc(F)cc(F)c2)c1. The second kappa shape index (κ2) is 5.14. The molecule has 0 bridgehead atoms. The van der Waals surface area contributed by atoms with Crippen LogP contribution in [0.4, 0.5) is 8.78 Å². The van der Waals surface area contributed by atoms with Crippen LogP contribution >= 0.6 is 0 Å². The van der Waals surface area contributed by atoms with Gasteiger partial charge in [-0.1, -0.05) is 6.07 Å². The fraction of sp³-hybridized carbons (Fsp3) is 0.143. The number of rotatable bonds is 3. The van der Waals surface area contributed by atoms with Crippen LogP contribution in [0.5, 0.6) is 5.75 Å². The summed E-state index contributed by atoms with van der Waals surface area (Å²) in [5.41, 5.74) is 7.08. The highest BCUT2D eigenvalue weighted by atomic mass is 19.1. The molecule has 0 aliphatic carbocycles. The molecule has 0 spiro atoms.